The Morgan fingerprint density at radius 3 is 2.07 bits per heavy atom. The standard InChI is InChI=1S/C11H22O3S/c1-4-10(5-2)11(12)8-7-9-15(13,14)6-3/h10H,4-9H2,1-3H3. The van der Waals surface area contributed by atoms with E-state index in [0.717, 1.165) is 12.8 Å². The van der Waals surface area contributed by atoms with E-state index < -0.39 is 9.84 Å². The van der Waals surface area contributed by atoms with Gasteiger partial charge in [0.15, 0.2) is 0 Å². The summed E-state index contributed by atoms with van der Waals surface area (Å²) in [4.78, 5) is 11.6. The number of carbonyl (C=O) groups excluding carboxylic acids is 1. The zero-order valence-corrected chi connectivity index (χ0v) is 10.8. The van der Waals surface area contributed by atoms with Crippen LogP contribution in [-0.4, -0.2) is 25.7 Å². The fourth-order valence-electron chi connectivity index (χ4n) is 1.56. The van der Waals surface area contributed by atoms with E-state index in [9.17, 15) is 13.2 Å². The molecule has 4 heteroatoms. The molecule has 0 aliphatic carbocycles. The molecule has 0 aliphatic rings. The van der Waals surface area contributed by atoms with Crippen molar-refractivity contribution in [2.24, 2.45) is 5.92 Å². The number of ketones is 1. The van der Waals surface area contributed by atoms with Crippen molar-refractivity contribution in [2.75, 3.05) is 11.5 Å². The maximum Gasteiger partial charge on any atom is 0.150 e. The zero-order chi connectivity index (χ0) is 11.9. The highest BCUT2D eigenvalue weighted by Gasteiger charge is 2.15. The van der Waals surface area contributed by atoms with E-state index in [4.69, 9.17) is 0 Å². The Balaban J connectivity index is 3.92. The van der Waals surface area contributed by atoms with Gasteiger partial charge in [0.2, 0.25) is 0 Å². The molecule has 0 spiro atoms. The van der Waals surface area contributed by atoms with Crippen molar-refractivity contribution < 1.29 is 13.2 Å². The van der Waals surface area contributed by atoms with Crippen molar-refractivity contribution in [3.05, 3.63) is 0 Å². The van der Waals surface area contributed by atoms with Gasteiger partial charge in [0.05, 0.1) is 5.75 Å². The Labute approximate surface area is 93.2 Å². The van der Waals surface area contributed by atoms with Crippen LogP contribution >= 0.6 is 0 Å². The van der Waals surface area contributed by atoms with Gasteiger partial charge in [-0.05, 0) is 19.3 Å². The highest BCUT2D eigenvalue weighted by Crippen LogP contribution is 2.12. The monoisotopic (exact) mass is 234 g/mol. The number of hydrogen-bond donors (Lipinski definition) is 0. The van der Waals surface area contributed by atoms with Crippen LogP contribution in [0, 0.1) is 5.92 Å². The summed E-state index contributed by atoms with van der Waals surface area (Å²) in [5.41, 5.74) is 0. The second-order valence-corrected chi connectivity index (χ2v) is 6.29. The lowest BCUT2D eigenvalue weighted by Gasteiger charge is -2.10. The highest BCUT2D eigenvalue weighted by molar-refractivity contribution is 7.91. The molecule has 0 saturated heterocycles. The molecule has 0 radical (unpaired) electrons. The van der Waals surface area contributed by atoms with Gasteiger partial charge < -0.3 is 0 Å². The van der Waals surface area contributed by atoms with Crippen LogP contribution in [-0.2, 0) is 14.6 Å². The third kappa shape index (κ3) is 5.92. The van der Waals surface area contributed by atoms with Crippen LogP contribution in [0.1, 0.15) is 46.5 Å². The first-order chi connectivity index (χ1) is 6.96. The smallest absolute Gasteiger partial charge is 0.150 e. The molecule has 0 aromatic carbocycles. The number of carbonyl (C=O) groups is 1. The minimum Gasteiger partial charge on any atom is -0.299 e. The van der Waals surface area contributed by atoms with Gasteiger partial charge in [0.1, 0.15) is 15.6 Å². The van der Waals surface area contributed by atoms with Crippen molar-refractivity contribution in [3.8, 4) is 0 Å². The van der Waals surface area contributed by atoms with E-state index in [1.54, 1.807) is 6.92 Å². The minimum atomic E-state index is -2.91. The Morgan fingerprint density at radius 2 is 1.67 bits per heavy atom. The lowest BCUT2D eigenvalue weighted by atomic mass is 9.95. The Kier molecular flexibility index (Phi) is 6.81. The van der Waals surface area contributed by atoms with Crippen molar-refractivity contribution in [3.63, 3.8) is 0 Å². The summed E-state index contributed by atoms with van der Waals surface area (Å²) in [6.07, 6.45) is 2.60. The van der Waals surface area contributed by atoms with Crippen molar-refractivity contribution in [1.82, 2.24) is 0 Å². The Bertz CT molecular complexity index is 276. The van der Waals surface area contributed by atoms with Gasteiger partial charge in [-0.2, -0.15) is 0 Å². The quantitative estimate of drug-likeness (QED) is 0.647. The molecule has 90 valence electrons. The van der Waals surface area contributed by atoms with Crippen molar-refractivity contribution >= 4 is 15.6 Å². The highest BCUT2D eigenvalue weighted by atomic mass is 32.2. The second kappa shape index (κ2) is 6.99. The molecule has 0 aliphatic heterocycles. The third-order valence-corrected chi connectivity index (χ3v) is 4.55. The number of hydrogen-bond acceptors (Lipinski definition) is 3. The SMILES string of the molecule is CCC(CC)C(=O)CCCS(=O)(=O)CC. The van der Waals surface area contributed by atoms with Gasteiger partial charge in [0, 0.05) is 18.1 Å². The zero-order valence-electron chi connectivity index (χ0n) is 9.95. The molecule has 0 aromatic rings. The van der Waals surface area contributed by atoms with Crippen LogP contribution in [0.15, 0.2) is 0 Å². The van der Waals surface area contributed by atoms with E-state index in [1.807, 2.05) is 13.8 Å². The summed E-state index contributed by atoms with van der Waals surface area (Å²) in [6, 6.07) is 0. The van der Waals surface area contributed by atoms with Crippen molar-refractivity contribution in [2.45, 2.75) is 46.5 Å². The summed E-state index contributed by atoms with van der Waals surface area (Å²) < 4.78 is 22.4. The molecule has 3 nitrogen and oxygen atoms in total. The molecule has 0 unspecified atom stereocenters. The topological polar surface area (TPSA) is 51.2 Å². The molecule has 15 heavy (non-hydrogen) atoms. The minimum absolute atomic E-state index is 0.120. The predicted octanol–water partition coefficient (Wildman–Crippen LogP) is 2.21. The molecule has 0 aromatic heterocycles. The molecule has 0 atom stereocenters. The first kappa shape index (κ1) is 14.6. The molecular weight excluding hydrogens is 212 g/mol. The van der Waals surface area contributed by atoms with Crippen LogP contribution in [0.25, 0.3) is 0 Å². The van der Waals surface area contributed by atoms with Crippen LogP contribution in [0.2, 0.25) is 0 Å². The number of rotatable bonds is 8. The molecule has 0 N–H and O–H groups in total. The normalized spacial score (nSPS) is 12.0. The molecule has 0 heterocycles. The number of Topliss-reactive ketones (excluding diaryl/α,β-unsaturated/α-hetero) is 1. The fraction of sp³-hybridized carbons (Fsp3) is 0.909. The summed E-state index contributed by atoms with van der Waals surface area (Å²) in [7, 11) is -2.91. The predicted molar refractivity (Wildman–Crippen MR) is 62.6 cm³/mol. The largest absolute Gasteiger partial charge is 0.299 e. The number of sulfone groups is 1. The van der Waals surface area contributed by atoms with E-state index in [2.05, 4.69) is 0 Å². The van der Waals surface area contributed by atoms with Crippen LogP contribution < -0.4 is 0 Å². The summed E-state index contributed by atoms with van der Waals surface area (Å²) >= 11 is 0. The molecule has 0 saturated carbocycles. The van der Waals surface area contributed by atoms with Gasteiger partial charge in [-0.1, -0.05) is 20.8 Å². The van der Waals surface area contributed by atoms with Crippen molar-refractivity contribution in [1.29, 1.82) is 0 Å². The Morgan fingerprint density at radius 1 is 1.13 bits per heavy atom. The average molecular weight is 234 g/mol. The molecular formula is C11H22O3S. The third-order valence-electron chi connectivity index (χ3n) is 2.76. The Hall–Kier alpha value is -0.380. The maximum atomic E-state index is 11.6. The van der Waals surface area contributed by atoms with Gasteiger partial charge in [0.25, 0.3) is 0 Å². The van der Waals surface area contributed by atoms with Gasteiger partial charge in [-0.15, -0.1) is 0 Å². The van der Waals surface area contributed by atoms with E-state index >= 15 is 0 Å². The van der Waals surface area contributed by atoms with Gasteiger partial charge in [-0.3, -0.25) is 4.79 Å². The van der Waals surface area contributed by atoms with E-state index in [0.29, 0.717) is 12.8 Å². The lowest BCUT2D eigenvalue weighted by Crippen LogP contribution is -2.15. The second-order valence-electron chi connectivity index (χ2n) is 3.82. The summed E-state index contributed by atoms with van der Waals surface area (Å²) in [5.74, 6) is 0.655. The van der Waals surface area contributed by atoms with Crippen LogP contribution in [0.5, 0.6) is 0 Å². The summed E-state index contributed by atoms with van der Waals surface area (Å²) in [5, 5.41) is 0. The van der Waals surface area contributed by atoms with Crippen LogP contribution in [0.4, 0.5) is 0 Å². The summed E-state index contributed by atoms with van der Waals surface area (Å²) in [6.45, 7) is 5.63. The van der Waals surface area contributed by atoms with E-state index in [-0.39, 0.29) is 23.2 Å². The van der Waals surface area contributed by atoms with Gasteiger partial charge >= 0.3 is 0 Å². The first-order valence-electron chi connectivity index (χ1n) is 5.69. The molecule has 0 rings (SSSR count). The average Bonchev–Trinajstić information content (AvgIpc) is 2.19. The molecule has 0 amide bonds. The first-order valence-corrected chi connectivity index (χ1v) is 7.52. The van der Waals surface area contributed by atoms with Crippen LogP contribution in [0.3, 0.4) is 0 Å². The lowest BCUT2D eigenvalue weighted by molar-refractivity contribution is -0.123. The van der Waals surface area contributed by atoms with Gasteiger partial charge in [-0.25, -0.2) is 8.42 Å². The van der Waals surface area contributed by atoms with E-state index in [1.165, 1.54) is 0 Å². The molecule has 0 bridgehead atoms. The molecule has 0 fully saturated rings. The fourth-order valence-corrected chi connectivity index (χ4v) is 2.43. The maximum absolute atomic E-state index is 11.6.